The molecule has 1 aliphatic rings. The first kappa shape index (κ1) is 16.1. The molecule has 4 rings (SSSR count). The van der Waals surface area contributed by atoms with Crippen LogP contribution in [-0.2, 0) is 6.54 Å². The summed E-state index contributed by atoms with van der Waals surface area (Å²) in [7, 11) is 0. The van der Waals surface area contributed by atoms with Crippen LogP contribution in [0, 0.1) is 0 Å². The maximum absolute atomic E-state index is 4.88. The smallest absolute Gasteiger partial charge is 0.144 e. The normalized spacial score (nSPS) is 15.2. The van der Waals surface area contributed by atoms with Gasteiger partial charge in [-0.15, -0.1) is 0 Å². The zero-order valence-corrected chi connectivity index (χ0v) is 15.7. The first-order chi connectivity index (χ1) is 11.8. The average Bonchev–Trinajstić information content (AvgIpc) is 3.10. The molecule has 1 saturated heterocycles. The molecule has 122 valence electrons. The molecule has 0 aliphatic carbocycles. The van der Waals surface area contributed by atoms with Gasteiger partial charge in [0, 0.05) is 14.8 Å². The molecule has 5 heteroatoms. The lowest BCUT2D eigenvalue weighted by Gasteiger charge is -2.15. The predicted molar refractivity (Wildman–Crippen MR) is 102 cm³/mol. The fourth-order valence-electron chi connectivity index (χ4n) is 3.00. The summed E-state index contributed by atoms with van der Waals surface area (Å²) in [5, 5.41) is 2.16. The summed E-state index contributed by atoms with van der Waals surface area (Å²) in [6.07, 6.45) is 2.57. The largest absolute Gasteiger partial charge is 0.296 e. The quantitative estimate of drug-likeness (QED) is 0.567. The van der Waals surface area contributed by atoms with Gasteiger partial charge in [-0.25, -0.2) is 9.97 Å². The maximum atomic E-state index is 4.88. The van der Waals surface area contributed by atoms with Crippen LogP contribution in [0.1, 0.15) is 18.7 Å². The van der Waals surface area contributed by atoms with Crippen LogP contribution in [0.3, 0.4) is 0 Å². The minimum Gasteiger partial charge on any atom is -0.296 e. The molecule has 1 fully saturated rings. The SMILES string of the molecule is Brc1ccc(Sc2nc(CN3CCCC3)nc3ccccc23)cc1. The van der Waals surface area contributed by atoms with Gasteiger partial charge in [0.15, 0.2) is 0 Å². The van der Waals surface area contributed by atoms with E-state index >= 15 is 0 Å². The van der Waals surface area contributed by atoms with Crippen molar-refractivity contribution in [3.63, 3.8) is 0 Å². The molecule has 0 spiro atoms. The lowest BCUT2D eigenvalue weighted by atomic mass is 10.2. The molecule has 0 radical (unpaired) electrons. The number of likely N-dealkylation sites (tertiary alicyclic amines) is 1. The molecule has 1 aliphatic heterocycles. The Bertz CT molecular complexity index is 845. The van der Waals surface area contributed by atoms with Crippen molar-refractivity contribution in [2.75, 3.05) is 13.1 Å². The van der Waals surface area contributed by atoms with Crippen LogP contribution in [0.15, 0.2) is 62.9 Å². The van der Waals surface area contributed by atoms with E-state index in [0.29, 0.717) is 0 Å². The summed E-state index contributed by atoms with van der Waals surface area (Å²) in [6, 6.07) is 16.7. The summed E-state index contributed by atoms with van der Waals surface area (Å²) in [6.45, 7) is 3.16. The third-order valence-corrected chi connectivity index (χ3v) is 5.75. The highest BCUT2D eigenvalue weighted by molar-refractivity contribution is 9.10. The van der Waals surface area contributed by atoms with Crippen molar-refractivity contribution in [3.8, 4) is 0 Å². The van der Waals surface area contributed by atoms with Gasteiger partial charge in [0.05, 0.1) is 12.1 Å². The Morgan fingerprint density at radius 1 is 0.958 bits per heavy atom. The first-order valence-corrected chi connectivity index (χ1v) is 9.80. The van der Waals surface area contributed by atoms with E-state index in [0.717, 1.165) is 45.9 Å². The number of nitrogens with zero attached hydrogens (tertiary/aromatic N) is 3. The Labute approximate surface area is 154 Å². The van der Waals surface area contributed by atoms with E-state index in [1.165, 1.54) is 17.7 Å². The Morgan fingerprint density at radius 2 is 1.71 bits per heavy atom. The van der Waals surface area contributed by atoms with Gasteiger partial charge >= 0.3 is 0 Å². The number of hydrogen-bond donors (Lipinski definition) is 0. The summed E-state index contributed by atoms with van der Waals surface area (Å²) in [4.78, 5) is 13.3. The molecule has 0 amide bonds. The van der Waals surface area contributed by atoms with Crippen molar-refractivity contribution >= 4 is 38.6 Å². The third-order valence-electron chi connectivity index (χ3n) is 4.21. The zero-order chi connectivity index (χ0) is 16.4. The molecule has 0 N–H and O–H groups in total. The molecule has 0 unspecified atom stereocenters. The second-order valence-corrected chi connectivity index (χ2v) is 7.98. The van der Waals surface area contributed by atoms with Crippen molar-refractivity contribution in [1.29, 1.82) is 0 Å². The van der Waals surface area contributed by atoms with Gasteiger partial charge in [-0.3, -0.25) is 4.90 Å². The van der Waals surface area contributed by atoms with Crippen molar-refractivity contribution in [2.24, 2.45) is 0 Å². The van der Waals surface area contributed by atoms with Crippen LogP contribution in [-0.4, -0.2) is 28.0 Å². The summed E-state index contributed by atoms with van der Waals surface area (Å²) < 4.78 is 1.09. The van der Waals surface area contributed by atoms with E-state index in [1.54, 1.807) is 11.8 Å². The zero-order valence-electron chi connectivity index (χ0n) is 13.3. The number of benzene rings is 2. The van der Waals surface area contributed by atoms with Crippen molar-refractivity contribution in [1.82, 2.24) is 14.9 Å². The first-order valence-electron chi connectivity index (χ1n) is 8.19. The summed E-state index contributed by atoms with van der Waals surface area (Å²) >= 11 is 5.20. The summed E-state index contributed by atoms with van der Waals surface area (Å²) in [5.74, 6) is 0.926. The van der Waals surface area contributed by atoms with Crippen molar-refractivity contribution in [3.05, 3.63) is 58.8 Å². The highest BCUT2D eigenvalue weighted by atomic mass is 79.9. The number of para-hydroxylation sites is 1. The van der Waals surface area contributed by atoms with E-state index < -0.39 is 0 Å². The Kier molecular flexibility index (Phi) is 4.83. The molecule has 2 heterocycles. The number of fused-ring (bicyclic) bond motifs is 1. The fraction of sp³-hybridized carbons (Fsp3) is 0.263. The highest BCUT2D eigenvalue weighted by Crippen LogP contribution is 2.32. The van der Waals surface area contributed by atoms with Crippen LogP contribution in [0.5, 0.6) is 0 Å². The molecule has 2 aromatic carbocycles. The van der Waals surface area contributed by atoms with E-state index in [-0.39, 0.29) is 0 Å². The van der Waals surface area contributed by atoms with Crippen LogP contribution < -0.4 is 0 Å². The van der Waals surface area contributed by atoms with Gasteiger partial charge in [0.1, 0.15) is 10.9 Å². The van der Waals surface area contributed by atoms with Gasteiger partial charge < -0.3 is 0 Å². The number of rotatable bonds is 4. The second kappa shape index (κ2) is 7.21. The molecule has 0 atom stereocenters. The van der Waals surface area contributed by atoms with Crippen LogP contribution in [0.25, 0.3) is 10.9 Å². The molecular formula is C19H18BrN3S. The van der Waals surface area contributed by atoms with Gasteiger partial charge in [-0.05, 0) is 56.3 Å². The second-order valence-electron chi connectivity index (χ2n) is 6.00. The topological polar surface area (TPSA) is 29.0 Å². The van der Waals surface area contributed by atoms with Gasteiger partial charge in [-0.1, -0.05) is 45.9 Å². The Balaban J connectivity index is 1.69. The monoisotopic (exact) mass is 399 g/mol. The molecular weight excluding hydrogens is 382 g/mol. The van der Waals surface area contributed by atoms with Crippen molar-refractivity contribution in [2.45, 2.75) is 29.3 Å². The lowest BCUT2D eigenvalue weighted by Crippen LogP contribution is -2.20. The molecule has 3 aromatic rings. The van der Waals surface area contributed by atoms with Crippen LogP contribution >= 0.6 is 27.7 Å². The van der Waals surface area contributed by atoms with Crippen LogP contribution in [0.4, 0.5) is 0 Å². The number of halogens is 1. The average molecular weight is 400 g/mol. The van der Waals surface area contributed by atoms with Gasteiger partial charge in [-0.2, -0.15) is 0 Å². The Morgan fingerprint density at radius 3 is 2.50 bits per heavy atom. The standard InChI is InChI=1S/C19H18BrN3S/c20-14-7-9-15(10-8-14)24-19-16-5-1-2-6-17(16)21-18(22-19)13-23-11-3-4-12-23/h1-2,5-10H,3-4,11-13H2. The molecule has 0 bridgehead atoms. The van der Waals surface area contributed by atoms with Crippen molar-refractivity contribution < 1.29 is 0 Å². The minimum atomic E-state index is 0.846. The molecule has 3 nitrogen and oxygen atoms in total. The van der Waals surface area contributed by atoms with E-state index in [4.69, 9.17) is 9.97 Å². The fourth-order valence-corrected chi connectivity index (χ4v) is 4.19. The van der Waals surface area contributed by atoms with E-state index in [1.807, 2.05) is 6.07 Å². The third kappa shape index (κ3) is 3.63. The maximum Gasteiger partial charge on any atom is 0.144 e. The predicted octanol–water partition coefficient (Wildman–Crippen LogP) is 5.14. The highest BCUT2D eigenvalue weighted by Gasteiger charge is 2.15. The van der Waals surface area contributed by atoms with E-state index in [2.05, 4.69) is 63.3 Å². The molecule has 0 saturated carbocycles. The minimum absolute atomic E-state index is 0.846. The summed E-state index contributed by atoms with van der Waals surface area (Å²) in [5.41, 5.74) is 1.03. The molecule has 24 heavy (non-hydrogen) atoms. The van der Waals surface area contributed by atoms with Crippen LogP contribution in [0.2, 0.25) is 0 Å². The lowest BCUT2D eigenvalue weighted by molar-refractivity contribution is 0.322. The number of hydrogen-bond acceptors (Lipinski definition) is 4. The van der Waals surface area contributed by atoms with Gasteiger partial charge in [0.25, 0.3) is 0 Å². The molecule has 1 aromatic heterocycles. The number of aromatic nitrogens is 2. The van der Waals surface area contributed by atoms with Gasteiger partial charge in [0.2, 0.25) is 0 Å². The Hall–Kier alpha value is -1.43. The van der Waals surface area contributed by atoms with E-state index in [9.17, 15) is 0 Å².